The summed E-state index contributed by atoms with van der Waals surface area (Å²) in [5, 5.41) is 4.96. The van der Waals surface area contributed by atoms with Crippen molar-refractivity contribution in [1.29, 1.82) is 0 Å². The Morgan fingerprint density at radius 2 is 1.68 bits per heavy atom. The number of nitrogens with one attached hydrogen (secondary N) is 3. The number of nitrogens with zero attached hydrogens (tertiary/aromatic N) is 1. The van der Waals surface area contributed by atoms with Gasteiger partial charge in [-0.3, -0.25) is 10.1 Å². The molecule has 3 amide bonds. The second-order valence-corrected chi connectivity index (χ2v) is 9.59. The second kappa shape index (κ2) is 9.02. The minimum atomic E-state index is -3.55. The number of rotatable bonds is 5. The molecule has 1 aromatic rings. The highest BCUT2D eigenvalue weighted by Crippen LogP contribution is 2.19. The third-order valence-corrected chi connectivity index (χ3v) is 7.04. The van der Waals surface area contributed by atoms with E-state index in [9.17, 15) is 18.0 Å². The lowest BCUT2D eigenvalue weighted by molar-refractivity contribution is -0.917. The fourth-order valence-electron chi connectivity index (χ4n) is 3.17. The van der Waals surface area contributed by atoms with E-state index in [0.717, 1.165) is 16.0 Å². The summed E-state index contributed by atoms with van der Waals surface area (Å²) >= 11 is 0. The van der Waals surface area contributed by atoms with Crippen LogP contribution in [0, 0.1) is 13.8 Å². The number of urea groups is 1. The number of sulfonamides is 1. The molecular weight excluding hydrogens is 380 g/mol. The molecule has 28 heavy (non-hydrogen) atoms. The van der Waals surface area contributed by atoms with E-state index in [1.807, 2.05) is 33.8 Å². The SMILES string of the molecule is Cc1ccc(S(=O)(=O)N2CC[NH+]([C@@H](C)C(=O)NC(=O)NC(C)C)CC2)cc1C. The zero-order valence-electron chi connectivity index (χ0n) is 17.2. The van der Waals surface area contributed by atoms with Crippen LogP contribution in [0.4, 0.5) is 4.79 Å². The normalized spacial score (nSPS) is 17.4. The molecule has 0 spiro atoms. The van der Waals surface area contributed by atoms with Gasteiger partial charge < -0.3 is 10.2 Å². The van der Waals surface area contributed by atoms with Crippen molar-refractivity contribution in [1.82, 2.24) is 14.9 Å². The average Bonchev–Trinajstić information content (AvgIpc) is 2.62. The third kappa shape index (κ3) is 5.30. The van der Waals surface area contributed by atoms with Crippen molar-refractivity contribution in [2.24, 2.45) is 0 Å². The lowest BCUT2D eigenvalue weighted by Gasteiger charge is -2.34. The lowest BCUT2D eigenvalue weighted by Crippen LogP contribution is -3.19. The molecule has 0 bridgehead atoms. The molecule has 2 rings (SSSR count). The number of hydrogen-bond acceptors (Lipinski definition) is 4. The number of aryl methyl sites for hydroxylation is 2. The first-order valence-electron chi connectivity index (χ1n) is 9.55. The quantitative estimate of drug-likeness (QED) is 0.626. The zero-order chi connectivity index (χ0) is 21.1. The number of amides is 3. The van der Waals surface area contributed by atoms with Gasteiger partial charge in [0, 0.05) is 6.04 Å². The summed E-state index contributed by atoms with van der Waals surface area (Å²) in [5.74, 6) is -0.362. The Hall–Kier alpha value is -1.97. The standard InChI is InChI=1S/C19H30N4O4S/c1-13(2)20-19(25)21-18(24)16(5)22-8-10-23(11-9-22)28(26,27)17-7-6-14(3)15(4)12-17/h6-7,12-13,16H,8-11H2,1-5H3,(H2,20,21,24,25)/p+1/t16-/m0/s1. The predicted molar refractivity (Wildman–Crippen MR) is 107 cm³/mol. The Morgan fingerprint density at radius 1 is 1.07 bits per heavy atom. The van der Waals surface area contributed by atoms with Gasteiger partial charge in [0.1, 0.15) is 0 Å². The number of carbonyl (C=O) groups excluding carboxylic acids is 2. The van der Waals surface area contributed by atoms with E-state index in [0.29, 0.717) is 31.1 Å². The highest BCUT2D eigenvalue weighted by Gasteiger charge is 2.35. The maximum Gasteiger partial charge on any atom is 0.321 e. The van der Waals surface area contributed by atoms with E-state index in [2.05, 4.69) is 10.6 Å². The molecule has 9 heteroatoms. The first-order valence-corrected chi connectivity index (χ1v) is 11.0. The molecule has 8 nitrogen and oxygen atoms in total. The Balaban J connectivity index is 1.96. The van der Waals surface area contributed by atoms with Gasteiger partial charge in [0.15, 0.2) is 6.04 Å². The minimum absolute atomic E-state index is 0.0605. The summed E-state index contributed by atoms with van der Waals surface area (Å²) in [6.07, 6.45) is 0. The number of carbonyl (C=O) groups is 2. The molecule has 0 aromatic heterocycles. The van der Waals surface area contributed by atoms with E-state index in [4.69, 9.17) is 0 Å². The van der Waals surface area contributed by atoms with Crippen LogP contribution in [-0.4, -0.2) is 62.9 Å². The van der Waals surface area contributed by atoms with E-state index < -0.39 is 22.1 Å². The fourth-order valence-corrected chi connectivity index (χ4v) is 4.70. The van der Waals surface area contributed by atoms with E-state index >= 15 is 0 Å². The number of hydrogen-bond donors (Lipinski definition) is 3. The second-order valence-electron chi connectivity index (χ2n) is 7.65. The molecule has 1 aliphatic rings. The summed E-state index contributed by atoms with van der Waals surface area (Å²) in [4.78, 5) is 25.2. The Bertz CT molecular complexity index is 830. The van der Waals surface area contributed by atoms with Gasteiger partial charge in [-0.1, -0.05) is 6.07 Å². The summed E-state index contributed by atoms with van der Waals surface area (Å²) in [6.45, 7) is 10.9. The van der Waals surface area contributed by atoms with Crippen molar-refractivity contribution < 1.29 is 22.9 Å². The predicted octanol–water partition coefficient (Wildman–Crippen LogP) is -0.185. The third-order valence-electron chi connectivity index (χ3n) is 5.14. The molecule has 0 aliphatic carbocycles. The number of imide groups is 1. The number of benzene rings is 1. The molecule has 156 valence electrons. The number of piperazine rings is 1. The molecule has 1 fully saturated rings. The van der Waals surface area contributed by atoms with Crippen LogP contribution in [0.5, 0.6) is 0 Å². The maximum absolute atomic E-state index is 12.9. The summed E-state index contributed by atoms with van der Waals surface area (Å²) in [7, 11) is -3.55. The molecular formula is C19H31N4O4S+. The average molecular weight is 412 g/mol. The summed E-state index contributed by atoms with van der Waals surface area (Å²) < 4.78 is 27.3. The molecule has 1 saturated heterocycles. The van der Waals surface area contributed by atoms with Crippen LogP contribution < -0.4 is 15.5 Å². The molecule has 3 N–H and O–H groups in total. The highest BCUT2D eigenvalue weighted by atomic mass is 32.2. The van der Waals surface area contributed by atoms with Crippen molar-refractivity contribution >= 4 is 22.0 Å². The van der Waals surface area contributed by atoms with Gasteiger partial charge in [-0.2, -0.15) is 4.31 Å². The Morgan fingerprint density at radius 3 is 2.21 bits per heavy atom. The zero-order valence-corrected chi connectivity index (χ0v) is 18.0. The van der Waals surface area contributed by atoms with Crippen molar-refractivity contribution in [2.75, 3.05) is 26.2 Å². The monoisotopic (exact) mass is 411 g/mol. The Labute approximate surface area is 167 Å². The van der Waals surface area contributed by atoms with Crippen LogP contribution in [0.25, 0.3) is 0 Å². The van der Waals surface area contributed by atoms with Gasteiger partial charge in [-0.15, -0.1) is 0 Å². The van der Waals surface area contributed by atoms with E-state index in [1.54, 1.807) is 19.1 Å². The van der Waals surface area contributed by atoms with Crippen molar-refractivity contribution in [3.63, 3.8) is 0 Å². The van der Waals surface area contributed by atoms with Crippen LogP contribution in [0.15, 0.2) is 23.1 Å². The topological polar surface area (TPSA) is 100 Å². The Kier molecular flexibility index (Phi) is 7.19. The van der Waals surface area contributed by atoms with Crippen LogP contribution in [0.2, 0.25) is 0 Å². The van der Waals surface area contributed by atoms with Gasteiger partial charge >= 0.3 is 6.03 Å². The van der Waals surface area contributed by atoms with Gasteiger partial charge in [0.25, 0.3) is 5.91 Å². The molecule has 1 aliphatic heterocycles. The fraction of sp³-hybridized carbons (Fsp3) is 0.579. The summed E-state index contributed by atoms with van der Waals surface area (Å²) in [6, 6.07) is 4.15. The van der Waals surface area contributed by atoms with Gasteiger partial charge in [-0.05, 0) is 57.9 Å². The lowest BCUT2D eigenvalue weighted by atomic mass is 10.1. The van der Waals surface area contributed by atoms with Gasteiger partial charge in [0.2, 0.25) is 10.0 Å². The largest absolute Gasteiger partial charge is 0.336 e. The van der Waals surface area contributed by atoms with Crippen molar-refractivity contribution in [3.8, 4) is 0 Å². The van der Waals surface area contributed by atoms with E-state index in [-0.39, 0.29) is 11.9 Å². The van der Waals surface area contributed by atoms with Gasteiger partial charge in [0.05, 0.1) is 31.1 Å². The van der Waals surface area contributed by atoms with E-state index in [1.165, 1.54) is 4.31 Å². The van der Waals surface area contributed by atoms with Crippen LogP contribution in [0.1, 0.15) is 31.9 Å². The highest BCUT2D eigenvalue weighted by molar-refractivity contribution is 7.89. The molecule has 1 atom stereocenters. The molecule has 1 aromatic carbocycles. The minimum Gasteiger partial charge on any atom is -0.336 e. The number of quaternary nitrogens is 1. The smallest absolute Gasteiger partial charge is 0.321 e. The summed E-state index contributed by atoms with van der Waals surface area (Å²) in [5.41, 5.74) is 1.99. The van der Waals surface area contributed by atoms with Crippen LogP contribution in [0.3, 0.4) is 0 Å². The molecule has 0 saturated carbocycles. The van der Waals surface area contributed by atoms with Crippen molar-refractivity contribution in [2.45, 2.75) is 51.6 Å². The molecule has 0 radical (unpaired) electrons. The van der Waals surface area contributed by atoms with Crippen LogP contribution >= 0.6 is 0 Å². The van der Waals surface area contributed by atoms with Crippen LogP contribution in [-0.2, 0) is 14.8 Å². The first-order chi connectivity index (χ1) is 13.0. The van der Waals surface area contributed by atoms with Gasteiger partial charge in [-0.25, -0.2) is 13.2 Å². The maximum atomic E-state index is 12.9. The first kappa shape index (κ1) is 22.3. The molecule has 0 unspecified atom stereocenters. The molecule has 1 heterocycles. The van der Waals surface area contributed by atoms with Crippen molar-refractivity contribution in [3.05, 3.63) is 29.3 Å².